The van der Waals surface area contributed by atoms with Crippen molar-refractivity contribution in [1.29, 1.82) is 0 Å². The fraction of sp³-hybridized carbons (Fsp3) is 0.333. The fourth-order valence-electron chi connectivity index (χ4n) is 1.76. The van der Waals surface area contributed by atoms with Gasteiger partial charge in [0, 0.05) is 13.1 Å². The van der Waals surface area contributed by atoms with Crippen molar-refractivity contribution in [3.05, 3.63) is 35.1 Å². The molecule has 1 N–H and O–H groups in total. The standard InChI is InChI=1S/C12H12FNO4/c13-10-7-8(12(16)17)1-2-9(10)11(15)14-3-5-18-6-4-14/h1-2,7H,3-6H2,(H,16,17). The van der Waals surface area contributed by atoms with E-state index in [0.29, 0.717) is 26.3 Å². The molecular weight excluding hydrogens is 241 g/mol. The summed E-state index contributed by atoms with van der Waals surface area (Å²) in [5.41, 5.74) is -0.284. The lowest BCUT2D eigenvalue weighted by Crippen LogP contribution is -2.41. The number of benzene rings is 1. The highest BCUT2D eigenvalue weighted by Crippen LogP contribution is 2.14. The maximum absolute atomic E-state index is 13.7. The largest absolute Gasteiger partial charge is 0.478 e. The van der Waals surface area contributed by atoms with E-state index >= 15 is 0 Å². The molecule has 2 rings (SSSR count). The summed E-state index contributed by atoms with van der Waals surface area (Å²) >= 11 is 0. The molecule has 1 heterocycles. The quantitative estimate of drug-likeness (QED) is 0.853. The number of morpholine rings is 1. The van der Waals surface area contributed by atoms with Crippen molar-refractivity contribution in [2.45, 2.75) is 0 Å². The maximum Gasteiger partial charge on any atom is 0.335 e. The minimum Gasteiger partial charge on any atom is -0.478 e. The van der Waals surface area contributed by atoms with Gasteiger partial charge in [-0.15, -0.1) is 0 Å². The summed E-state index contributed by atoms with van der Waals surface area (Å²) in [6.07, 6.45) is 0. The van der Waals surface area contributed by atoms with Gasteiger partial charge in [-0.2, -0.15) is 0 Å². The lowest BCUT2D eigenvalue weighted by atomic mass is 10.1. The molecule has 0 saturated carbocycles. The van der Waals surface area contributed by atoms with Crippen LogP contribution in [0, 0.1) is 5.82 Å². The van der Waals surface area contributed by atoms with Gasteiger partial charge in [0.25, 0.3) is 5.91 Å². The second-order valence-corrected chi connectivity index (χ2v) is 3.90. The Morgan fingerprint density at radius 1 is 1.28 bits per heavy atom. The first kappa shape index (κ1) is 12.5. The van der Waals surface area contributed by atoms with Crippen LogP contribution in [0.2, 0.25) is 0 Å². The summed E-state index contributed by atoms with van der Waals surface area (Å²) in [7, 11) is 0. The molecule has 1 fully saturated rings. The average molecular weight is 253 g/mol. The zero-order valence-corrected chi connectivity index (χ0v) is 9.56. The average Bonchev–Trinajstić information content (AvgIpc) is 2.38. The molecule has 96 valence electrons. The van der Waals surface area contributed by atoms with Gasteiger partial charge < -0.3 is 14.7 Å². The van der Waals surface area contributed by atoms with Crippen molar-refractivity contribution in [2.75, 3.05) is 26.3 Å². The zero-order chi connectivity index (χ0) is 13.1. The van der Waals surface area contributed by atoms with Gasteiger partial charge >= 0.3 is 5.97 Å². The number of ether oxygens (including phenoxy) is 1. The van der Waals surface area contributed by atoms with E-state index in [2.05, 4.69) is 0 Å². The van der Waals surface area contributed by atoms with Gasteiger partial charge in [-0.1, -0.05) is 0 Å². The smallest absolute Gasteiger partial charge is 0.335 e. The number of carboxylic acid groups (broad SMARTS) is 1. The van der Waals surface area contributed by atoms with Gasteiger partial charge in [0.05, 0.1) is 24.3 Å². The number of hydrogen-bond donors (Lipinski definition) is 1. The van der Waals surface area contributed by atoms with Gasteiger partial charge in [0.15, 0.2) is 0 Å². The van der Waals surface area contributed by atoms with Crippen LogP contribution in [0.3, 0.4) is 0 Å². The van der Waals surface area contributed by atoms with E-state index < -0.39 is 17.7 Å². The molecule has 0 radical (unpaired) electrons. The number of nitrogens with zero attached hydrogens (tertiary/aromatic N) is 1. The lowest BCUT2D eigenvalue weighted by Gasteiger charge is -2.27. The molecule has 1 aromatic carbocycles. The van der Waals surface area contributed by atoms with Gasteiger partial charge in [-0.3, -0.25) is 4.79 Å². The normalized spacial score (nSPS) is 15.5. The van der Waals surface area contributed by atoms with Crippen LogP contribution in [-0.4, -0.2) is 48.2 Å². The van der Waals surface area contributed by atoms with E-state index in [9.17, 15) is 14.0 Å². The zero-order valence-electron chi connectivity index (χ0n) is 9.56. The number of halogens is 1. The Bertz CT molecular complexity index is 483. The molecule has 0 spiro atoms. The van der Waals surface area contributed by atoms with Crippen LogP contribution in [-0.2, 0) is 4.74 Å². The highest BCUT2D eigenvalue weighted by molar-refractivity contribution is 5.96. The first-order valence-electron chi connectivity index (χ1n) is 5.49. The molecule has 0 unspecified atom stereocenters. The molecule has 0 aromatic heterocycles. The molecule has 0 atom stereocenters. The molecule has 6 heteroatoms. The maximum atomic E-state index is 13.7. The van der Waals surface area contributed by atoms with Gasteiger partial charge in [-0.25, -0.2) is 9.18 Å². The molecule has 0 bridgehead atoms. The van der Waals surface area contributed by atoms with Crippen LogP contribution in [0.1, 0.15) is 20.7 Å². The second-order valence-electron chi connectivity index (χ2n) is 3.90. The summed E-state index contributed by atoms with van der Waals surface area (Å²) in [6.45, 7) is 1.69. The van der Waals surface area contributed by atoms with Crippen molar-refractivity contribution in [1.82, 2.24) is 4.90 Å². The number of aromatic carboxylic acids is 1. The summed E-state index contributed by atoms with van der Waals surface area (Å²) < 4.78 is 18.8. The first-order valence-corrected chi connectivity index (χ1v) is 5.49. The van der Waals surface area contributed by atoms with Crippen LogP contribution >= 0.6 is 0 Å². The number of carbonyl (C=O) groups excluding carboxylic acids is 1. The Balaban J connectivity index is 2.22. The SMILES string of the molecule is O=C(O)c1ccc(C(=O)N2CCOCC2)c(F)c1. The third kappa shape index (κ3) is 2.48. The monoisotopic (exact) mass is 253 g/mol. The van der Waals surface area contributed by atoms with Crippen LogP contribution < -0.4 is 0 Å². The van der Waals surface area contributed by atoms with Crippen molar-refractivity contribution >= 4 is 11.9 Å². The van der Waals surface area contributed by atoms with Crippen LogP contribution in [0.15, 0.2) is 18.2 Å². The third-order valence-electron chi connectivity index (χ3n) is 2.74. The molecule has 1 amide bonds. The van der Waals surface area contributed by atoms with Gasteiger partial charge in [0.1, 0.15) is 5.82 Å². The Hall–Kier alpha value is -1.95. The predicted octanol–water partition coefficient (Wildman–Crippen LogP) is 0.996. The molecule has 1 aliphatic rings. The molecule has 5 nitrogen and oxygen atoms in total. The van der Waals surface area contributed by atoms with Crippen molar-refractivity contribution in [3.63, 3.8) is 0 Å². The number of carboxylic acids is 1. The van der Waals surface area contributed by atoms with Crippen LogP contribution in [0.5, 0.6) is 0 Å². The molecular formula is C12H12FNO4. The summed E-state index contributed by atoms with van der Waals surface area (Å²) in [6, 6.07) is 3.28. The number of carbonyl (C=O) groups is 2. The number of hydrogen-bond acceptors (Lipinski definition) is 3. The molecule has 1 saturated heterocycles. The topological polar surface area (TPSA) is 66.8 Å². The molecule has 1 aromatic rings. The summed E-state index contributed by atoms with van der Waals surface area (Å²) in [4.78, 5) is 24.1. The Morgan fingerprint density at radius 3 is 2.50 bits per heavy atom. The molecule has 1 aliphatic heterocycles. The Labute approximate surface area is 103 Å². The lowest BCUT2D eigenvalue weighted by molar-refractivity contribution is 0.0299. The molecule has 0 aliphatic carbocycles. The summed E-state index contributed by atoms with van der Waals surface area (Å²) in [5.74, 6) is -2.47. The van der Waals surface area contributed by atoms with Crippen LogP contribution in [0.4, 0.5) is 4.39 Å². The van der Waals surface area contributed by atoms with Gasteiger partial charge in [0.2, 0.25) is 0 Å². The highest BCUT2D eigenvalue weighted by Gasteiger charge is 2.22. The number of rotatable bonds is 2. The van der Waals surface area contributed by atoms with E-state index in [0.717, 1.165) is 6.07 Å². The van der Waals surface area contributed by atoms with Crippen LogP contribution in [0.25, 0.3) is 0 Å². The van der Waals surface area contributed by atoms with Crippen molar-refractivity contribution in [3.8, 4) is 0 Å². The first-order chi connectivity index (χ1) is 8.59. The minimum absolute atomic E-state index is 0.109. The number of amides is 1. The summed E-state index contributed by atoms with van der Waals surface area (Å²) in [5, 5.41) is 8.71. The second kappa shape index (κ2) is 5.14. The van der Waals surface area contributed by atoms with E-state index in [4.69, 9.17) is 9.84 Å². The minimum atomic E-state index is -1.22. The highest BCUT2D eigenvalue weighted by atomic mass is 19.1. The fourth-order valence-corrected chi connectivity index (χ4v) is 1.76. The predicted molar refractivity (Wildman–Crippen MR) is 60.1 cm³/mol. The van der Waals surface area contributed by atoms with E-state index in [1.165, 1.54) is 17.0 Å². The van der Waals surface area contributed by atoms with E-state index in [-0.39, 0.29) is 11.1 Å². The van der Waals surface area contributed by atoms with Crippen molar-refractivity contribution < 1.29 is 23.8 Å². The van der Waals surface area contributed by atoms with E-state index in [1.54, 1.807) is 0 Å². The van der Waals surface area contributed by atoms with E-state index in [1.807, 2.05) is 0 Å². The Morgan fingerprint density at radius 2 is 1.94 bits per heavy atom. The van der Waals surface area contributed by atoms with Crippen molar-refractivity contribution in [2.24, 2.45) is 0 Å². The third-order valence-corrected chi connectivity index (χ3v) is 2.74. The van der Waals surface area contributed by atoms with Gasteiger partial charge in [-0.05, 0) is 18.2 Å². The Kier molecular flexibility index (Phi) is 3.57. The molecule has 18 heavy (non-hydrogen) atoms.